The third-order valence-corrected chi connectivity index (χ3v) is 1.81. The van der Waals surface area contributed by atoms with Crippen molar-refractivity contribution in [3.63, 3.8) is 0 Å². The van der Waals surface area contributed by atoms with E-state index >= 15 is 0 Å². The Balaban J connectivity index is 3.05. The van der Waals surface area contributed by atoms with E-state index in [4.69, 9.17) is 0 Å². The molecule has 0 radical (unpaired) electrons. The van der Waals surface area contributed by atoms with Crippen LogP contribution in [0.1, 0.15) is 4.88 Å². The summed E-state index contributed by atoms with van der Waals surface area (Å²) in [5.41, 5.74) is 0. The van der Waals surface area contributed by atoms with E-state index in [0.29, 0.717) is 11.3 Å². The van der Waals surface area contributed by atoms with Crippen LogP contribution in [0.4, 0.5) is 17.6 Å². The van der Waals surface area contributed by atoms with Crippen molar-refractivity contribution < 1.29 is 17.6 Å². The number of thiophene rings is 1. The first-order valence-corrected chi connectivity index (χ1v) is 3.20. The minimum Gasteiger partial charge on any atom is -0.205 e. The zero-order valence-corrected chi connectivity index (χ0v) is 5.39. The first-order chi connectivity index (χ1) is 4.52. The Hall–Kier alpha value is -0.580. The highest BCUT2D eigenvalue weighted by Crippen LogP contribution is 2.34. The van der Waals surface area contributed by atoms with Crippen LogP contribution in [0.3, 0.4) is 0 Å². The highest BCUT2D eigenvalue weighted by atomic mass is 32.1. The molecule has 0 aliphatic carbocycles. The maximum Gasteiger partial charge on any atom is 0.428 e. The van der Waals surface area contributed by atoms with Crippen LogP contribution in [0.2, 0.25) is 0 Å². The van der Waals surface area contributed by atoms with Gasteiger partial charge in [0.15, 0.2) is 0 Å². The van der Waals surface area contributed by atoms with Crippen molar-refractivity contribution in [3.05, 3.63) is 22.1 Å². The van der Waals surface area contributed by atoms with Gasteiger partial charge < -0.3 is 0 Å². The molecule has 0 aromatic carbocycles. The van der Waals surface area contributed by atoms with Gasteiger partial charge in [0.2, 0.25) is 0 Å². The van der Waals surface area contributed by atoms with Crippen molar-refractivity contribution in [1.82, 2.24) is 0 Å². The van der Waals surface area contributed by atoms with Crippen molar-refractivity contribution in [2.45, 2.75) is 6.18 Å². The normalized spacial score (nSPS) is 12.0. The van der Waals surface area contributed by atoms with E-state index in [1.807, 2.05) is 0 Å². The largest absolute Gasteiger partial charge is 0.428 e. The van der Waals surface area contributed by atoms with Crippen LogP contribution in [0.5, 0.6) is 0 Å². The third kappa shape index (κ3) is 1.29. The summed E-state index contributed by atoms with van der Waals surface area (Å²) in [5.74, 6) is -1.20. The lowest BCUT2D eigenvalue weighted by atomic mass is 10.4. The molecule has 1 heterocycles. The first kappa shape index (κ1) is 7.53. The van der Waals surface area contributed by atoms with Crippen LogP contribution in [-0.2, 0) is 6.18 Å². The van der Waals surface area contributed by atoms with E-state index in [2.05, 4.69) is 0 Å². The van der Waals surface area contributed by atoms with Crippen LogP contribution in [0.25, 0.3) is 0 Å². The molecule has 0 N–H and O–H groups in total. The molecule has 56 valence electrons. The summed E-state index contributed by atoms with van der Waals surface area (Å²) in [5, 5.41) is 1.07. The minimum absolute atomic E-state index is 0.356. The molecule has 0 spiro atoms. The lowest BCUT2D eigenvalue weighted by molar-refractivity contribution is -0.136. The van der Waals surface area contributed by atoms with Gasteiger partial charge in [-0.3, -0.25) is 0 Å². The van der Waals surface area contributed by atoms with Gasteiger partial charge in [-0.2, -0.15) is 13.2 Å². The van der Waals surface area contributed by atoms with E-state index < -0.39 is 16.9 Å². The summed E-state index contributed by atoms with van der Waals surface area (Å²) in [6.07, 6.45) is -4.54. The molecule has 5 heteroatoms. The highest BCUT2D eigenvalue weighted by Gasteiger charge is 2.35. The van der Waals surface area contributed by atoms with Crippen LogP contribution in [-0.4, -0.2) is 0 Å². The van der Waals surface area contributed by atoms with E-state index in [1.165, 1.54) is 0 Å². The summed E-state index contributed by atoms with van der Waals surface area (Å²) in [4.78, 5) is -1.16. The van der Waals surface area contributed by atoms with Gasteiger partial charge in [0, 0.05) is 0 Å². The molecular weight excluding hydrogens is 168 g/mol. The van der Waals surface area contributed by atoms with Gasteiger partial charge >= 0.3 is 6.18 Å². The van der Waals surface area contributed by atoms with Gasteiger partial charge in [0.25, 0.3) is 0 Å². The first-order valence-electron chi connectivity index (χ1n) is 2.32. The third-order valence-electron chi connectivity index (χ3n) is 0.875. The smallest absolute Gasteiger partial charge is 0.205 e. The predicted molar refractivity (Wildman–Crippen MR) is 29.3 cm³/mol. The zero-order chi connectivity index (χ0) is 7.78. The lowest BCUT2D eigenvalue weighted by Gasteiger charge is -2.00. The highest BCUT2D eigenvalue weighted by molar-refractivity contribution is 7.10. The van der Waals surface area contributed by atoms with Crippen LogP contribution < -0.4 is 0 Å². The van der Waals surface area contributed by atoms with E-state index in [0.717, 1.165) is 11.4 Å². The van der Waals surface area contributed by atoms with Gasteiger partial charge in [0.05, 0.1) is 0 Å². The zero-order valence-electron chi connectivity index (χ0n) is 4.57. The lowest BCUT2D eigenvalue weighted by Crippen LogP contribution is -2.03. The van der Waals surface area contributed by atoms with E-state index in [9.17, 15) is 17.6 Å². The second kappa shape index (κ2) is 2.23. The predicted octanol–water partition coefficient (Wildman–Crippen LogP) is 2.91. The standard InChI is InChI=1S/C5H2F4S/c6-3-1-2-10-4(3)5(7,8)9/h1-2H. The summed E-state index contributed by atoms with van der Waals surface area (Å²) in [6.45, 7) is 0. The van der Waals surface area contributed by atoms with Crippen molar-refractivity contribution >= 4 is 11.3 Å². The fourth-order valence-electron chi connectivity index (χ4n) is 0.496. The number of hydrogen-bond acceptors (Lipinski definition) is 1. The van der Waals surface area contributed by atoms with Crippen molar-refractivity contribution in [3.8, 4) is 0 Å². The van der Waals surface area contributed by atoms with Crippen LogP contribution >= 0.6 is 11.3 Å². The van der Waals surface area contributed by atoms with E-state index in [-0.39, 0.29) is 0 Å². The molecule has 0 amide bonds. The minimum atomic E-state index is -4.54. The van der Waals surface area contributed by atoms with Gasteiger partial charge in [-0.25, -0.2) is 4.39 Å². The molecule has 0 bridgehead atoms. The maximum atomic E-state index is 12.1. The Morgan fingerprint density at radius 3 is 2.10 bits per heavy atom. The topological polar surface area (TPSA) is 0 Å². The van der Waals surface area contributed by atoms with Crippen molar-refractivity contribution in [1.29, 1.82) is 0 Å². The molecule has 1 aromatic heterocycles. The average molecular weight is 170 g/mol. The van der Waals surface area contributed by atoms with Crippen LogP contribution in [0.15, 0.2) is 11.4 Å². The molecule has 0 nitrogen and oxygen atoms in total. The monoisotopic (exact) mass is 170 g/mol. The molecule has 0 aliphatic rings. The molecule has 10 heavy (non-hydrogen) atoms. The Labute approximate surface area is 58.1 Å². The van der Waals surface area contributed by atoms with Gasteiger partial charge in [-0.1, -0.05) is 0 Å². The molecule has 1 aromatic rings. The number of halogens is 4. The van der Waals surface area contributed by atoms with Crippen molar-refractivity contribution in [2.75, 3.05) is 0 Å². The fraction of sp³-hybridized carbons (Fsp3) is 0.200. The molecule has 0 fully saturated rings. The molecular formula is C5H2F4S. The van der Waals surface area contributed by atoms with Gasteiger partial charge in [-0.05, 0) is 11.4 Å². The summed E-state index contributed by atoms with van der Waals surface area (Å²) in [6, 6.07) is 0.799. The molecule has 0 saturated carbocycles. The second-order valence-electron chi connectivity index (χ2n) is 1.60. The van der Waals surface area contributed by atoms with Gasteiger partial charge in [0.1, 0.15) is 10.7 Å². The fourth-order valence-corrected chi connectivity index (χ4v) is 1.13. The molecule has 0 saturated heterocycles. The summed E-state index contributed by atoms with van der Waals surface area (Å²) >= 11 is 0.356. The summed E-state index contributed by atoms with van der Waals surface area (Å²) < 4.78 is 47.1. The Morgan fingerprint density at radius 2 is 1.90 bits per heavy atom. The molecule has 0 aliphatic heterocycles. The SMILES string of the molecule is Fc1ccsc1C(F)(F)F. The summed E-state index contributed by atoms with van der Waals surface area (Å²) in [7, 11) is 0. The maximum absolute atomic E-state index is 12.1. The second-order valence-corrected chi connectivity index (χ2v) is 2.51. The Kier molecular flexibility index (Phi) is 1.68. The quantitative estimate of drug-likeness (QED) is 0.525. The molecule has 1 rings (SSSR count). The number of rotatable bonds is 0. The Bertz CT molecular complexity index is 224. The Morgan fingerprint density at radius 1 is 1.30 bits per heavy atom. The van der Waals surface area contributed by atoms with E-state index in [1.54, 1.807) is 0 Å². The molecule has 0 unspecified atom stereocenters. The number of alkyl halides is 3. The van der Waals surface area contributed by atoms with Gasteiger partial charge in [-0.15, -0.1) is 11.3 Å². The van der Waals surface area contributed by atoms with Crippen molar-refractivity contribution in [2.24, 2.45) is 0 Å². The number of hydrogen-bond donors (Lipinski definition) is 0. The average Bonchev–Trinajstić information content (AvgIpc) is 2.11. The van der Waals surface area contributed by atoms with Crippen LogP contribution in [0, 0.1) is 5.82 Å². The molecule has 0 atom stereocenters.